The molecule has 2 rings (SSSR count). The van der Waals surface area contributed by atoms with Crippen molar-refractivity contribution in [3.8, 4) is 11.5 Å². The molecule has 1 aromatic rings. The van der Waals surface area contributed by atoms with Crippen LogP contribution in [0.5, 0.6) is 11.5 Å². The van der Waals surface area contributed by atoms with E-state index in [0.29, 0.717) is 18.5 Å². The minimum atomic E-state index is -0.959. The second-order valence-electron chi connectivity index (χ2n) is 5.40. The minimum absolute atomic E-state index is 0.0181. The van der Waals surface area contributed by atoms with E-state index in [4.69, 9.17) is 4.74 Å². The summed E-state index contributed by atoms with van der Waals surface area (Å²) < 4.78 is 5.02. The van der Waals surface area contributed by atoms with E-state index in [-0.39, 0.29) is 17.9 Å². The number of nitrogens with zero attached hydrogens (tertiary/aromatic N) is 1. The molecule has 1 unspecified atom stereocenters. The van der Waals surface area contributed by atoms with E-state index in [0.717, 1.165) is 11.3 Å². The zero-order valence-corrected chi connectivity index (χ0v) is 13.2. The van der Waals surface area contributed by atoms with Crippen molar-refractivity contribution in [1.29, 1.82) is 0 Å². The van der Waals surface area contributed by atoms with Crippen molar-refractivity contribution in [2.75, 3.05) is 13.7 Å². The van der Waals surface area contributed by atoms with Gasteiger partial charge in [0.05, 0.1) is 7.11 Å². The Hall–Kier alpha value is -2.57. The van der Waals surface area contributed by atoms with Gasteiger partial charge in [0.15, 0.2) is 11.5 Å². The predicted octanol–water partition coefficient (Wildman–Crippen LogP) is 1.44. The van der Waals surface area contributed by atoms with Crippen molar-refractivity contribution in [2.24, 2.45) is 5.92 Å². The summed E-state index contributed by atoms with van der Waals surface area (Å²) in [6.45, 7) is 2.25. The summed E-state index contributed by atoms with van der Waals surface area (Å²) in [5.74, 6) is -1.79. The average molecular weight is 320 g/mol. The molecule has 1 heterocycles. The first-order valence-corrected chi connectivity index (χ1v) is 7.50. The Morgan fingerprint density at radius 1 is 1.30 bits per heavy atom. The molecule has 23 heavy (non-hydrogen) atoms. The van der Waals surface area contributed by atoms with E-state index in [1.165, 1.54) is 13.2 Å². The molecule has 1 atom stereocenters. The first-order valence-electron chi connectivity index (χ1n) is 7.50. The molecule has 4 amide bonds. The molecule has 1 aromatic carbocycles. The number of phenols is 1. The molecule has 2 N–H and O–H groups in total. The van der Waals surface area contributed by atoms with Crippen molar-refractivity contribution < 1.29 is 24.2 Å². The fraction of sp³-hybridized carbons (Fsp3) is 0.438. The summed E-state index contributed by atoms with van der Waals surface area (Å²) in [7, 11) is 1.42. The first-order chi connectivity index (χ1) is 11.0. The quantitative estimate of drug-likeness (QED) is 0.773. The van der Waals surface area contributed by atoms with Crippen molar-refractivity contribution in [3.63, 3.8) is 0 Å². The van der Waals surface area contributed by atoms with Crippen LogP contribution in [0.15, 0.2) is 18.2 Å². The normalized spacial score (nSPS) is 18.1. The molecule has 7 heteroatoms. The first kappa shape index (κ1) is 16.8. The molecule has 1 fully saturated rings. The lowest BCUT2D eigenvalue weighted by Crippen LogP contribution is -2.58. The molecule has 0 radical (unpaired) electrons. The van der Waals surface area contributed by atoms with Crippen LogP contribution in [-0.4, -0.2) is 41.5 Å². The number of aromatic hydroxyl groups is 1. The number of ether oxygens (including phenoxy) is 1. The van der Waals surface area contributed by atoms with Gasteiger partial charge in [0, 0.05) is 6.54 Å². The Morgan fingerprint density at radius 3 is 2.70 bits per heavy atom. The van der Waals surface area contributed by atoms with Gasteiger partial charge in [-0.05, 0) is 30.5 Å². The van der Waals surface area contributed by atoms with Gasteiger partial charge < -0.3 is 9.84 Å². The van der Waals surface area contributed by atoms with E-state index in [1.54, 1.807) is 12.1 Å². The maximum atomic E-state index is 12.4. The highest BCUT2D eigenvalue weighted by Gasteiger charge is 2.39. The van der Waals surface area contributed by atoms with Gasteiger partial charge in [-0.3, -0.25) is 19.8 Å². The summed E-state index contributed by atoms with van der Waals surface area (Å²) in [5.41, 5.74) is 0.665. The highest BCUT2D eigenvalue weighted by Crippen LogP contribution is 2.28. The molecule has 0 aliphatic carbocycles. The topological polar surface area (TPSA) is 95.9 Å². The molecule has 1 saturated heterocycles. The fourth-order valence-corrected chi connectivity index (χ4v) is 2.45. The summed E-state index contributed by atoms with van der Waals surface area (Å²) in [6, 6.07) is 3.97. The van der Waals surface area contributed by atoms with E-state index in [1.807, 2.05) is 6.92 Å². The van der Waals surface area contributed by atoms with Crippen molar-refractivity contribution in [2.45, 2.75) is 26.2 Å². The standard InChI is InChI=1S/C16H20N2O5/c1-3-4-7-18-15(21)11(14(20)17-16(18)22)8-10-5-6-12(19)13(9-10)23-2/h5-6,9,11,19H,3-4,7-8H2,1-2H3,(H,17,20,22). The number of carbonyl (C=O) groups excluding carboxylic acids is 3. The maximum absolute atomic E-state index is 12.4. The van der Waals surface area contributed by atoms with Gasteiger partial charge in [0.1, 0.15) is 5.92 Å². The monoisotopic (exact) mass is 320 g/mol. The van der Waals surface area contributed by atoms with Gasteiger partial charge in [0.2, 0.25) is 11.8 Å². The number of benzene rings is 1. The molecule has 1 aliphatic rings. The lowest BCUT2D eigenvalue weighted by molar-refractivity contribution is -0.142. The molecule has 0 saturated carbocycles. The number of amides is 4. The second kappa shape index (κ2) is 7.13. The van der Waals surface area contributed by atoms with Crippen LogP contribution < -0.4 is 10.1 Å². The lowest BCUT2D eigenvalue weighted by atomic mass is 9.95. The lowest BCUT2D eigenvalue weighted by Gasteiger charge is -2.30. The maximum Gasteiger partial charge on any atom is 0.330 e. The zero-order chi connectivity index (χ0) is 17.0. The van der Waals surface area contributed by atoms with E-state index >= 15 is 0 Å². The van der Waals surface area contributed by atoms with Crippen molar-refractivity contribution in [3.05, 3.63) is 23.8 Å². The van der Waals surface area contributed by atoms with Gasteiger partial charge >= 0.3 is 6.03 Å². The predicted molar refractivity (Wildman–Crippen MR) is 82.0 cm³/mol. The van der Waals surface area contributed by atoms with Gasteiger partial charge in [-0.2, -0.15) is 0 Å². The molecule has 0 bridgehead atoms. The number of unbranched alkanes of at least 4 members (excludes halogenated alkanes) is 1. The van der Waals surface area contributed by atoms with Crippen LogP contribution in [0.3, 0.4) is 0 Å². The van der Waals surface area contributed by atoms with Gasteiger partial charge in [-0.1, -0.05) is 19.4 Å². The van der Waals surface area contributed by atoms with E-state index < -0.39 is 23.8 Å². The number of hydrogen-bond acceptors (Lipinski definition) is 5. The number of phenolic OH excluding ortho intramolecular Hbond substituents is 1. The van der Waals surface area contributed by atoms with Crippen molar-refractivity contribution >= 4 is 17.8 Å². The Morgan fingerprint density at radius 2 is 2.04 bits per heavy atom. The number of methoxy groups -OCH3 is 1. The van der Waals surface area contributed by atoms with Crippen LogP contribution >= 0.6 is 0 Å². The largest absolute Gasteiger partial charge is 0.504 e. The van der Waals surface area contributed by atoms with Crippen molar-refractivity contribution in [1.82, 2.24) is 10.2 Å². The fourth-order valence-electron chi connectivity index (χ4n) is 2.45. The third-order valence-corrected chi connectivity index (χ3v) is 3.78. The molecular weight excluding hydrogens is 300 g/mol. The highest BCUT2D eigenvalue weighted by molar-refractivity contribution is 6.16. The Balaban J connectivity index is 2.18. The summed E-state index contributed by atoms with van der Waals surface area (Å²) in [4.78, 5) is 37.3. The van der Waals surface area contributed by atoms with Crippen LogP contribution in [0.4, 0.5) is 4.79 Å². The molecule has 0 aromatic heterocycles. The third kappa shape index (κ3) is 3.61. The van der Waals surface area contributed by atoms with Crippen LogP contribution in [-0.2, 0) is 16.0 Å². The number of nitrogens with one attached hydrogen (secondary N) is 1. The summed E-state index contributed by atoms with van der Waals surface area (Å²) in [6.07, 6.45) is 1.66. The SMILES string of the molecule is CCCCN1C(=O)NC(=O)C(Cc2ccc(O)c(OC)c2)C1=O. The molecule has 7 nitrogen and oxygen atoms in total. The molecule has 0 spiro atoms. The van der Waals surface area contributed by atoms with E-state index in [9.17, 15) is 19.5 Å². The Bertz CT molecular complexity index is 629. The van der Waals surface area contributed by atoms with Crippen LogP contribution in [0, 0.1) is 5.92 Å². The van der Waals surface area contributed by atoms with Gasteiger partial charge in [-0.15, -0.1) is 0 Å². The zero-order valence-electron chi connectivity index (χ0n) is 13.2. The summed E-state index contributed by atoms with van der Waals surface area (Å²) in [5, 5.41) is 11.8. The number of imide groups is 2. The Kier molecular flexibility index (Phi) is 5.20. The average Bonchev–Trinajstić information content (AvgIpc) is 2.52. The van der Waals surface area contributed by atoms with Gasteiger partial charge in [-0.25, -0.2) is 4.79 Å². The minimum Gasteiger partial charge on any atom is -0.504 e. The molecule has 1 aliphatic heterocycles. The van der Waals surface area contributed by atoms with Crippen LogP contribution in [0.25, 0.3) is 0 Å². The molecular formula is C16H20N2O5. The number of hydrogen-bond donors (Lipinski definition) is 2. The third-order valence-electron chi connectivity index (χ3n) is 3.78. The van der Waals surface area contributed by atoms with Crippen LogP contribution in [0.1, 0.15) is 25.3 Å². The van der Waals surface area contributed by atoms with Gasteiger partial charge in [0.25, 0.3) is 0 Å². The molecule has 124 valence electrons. The highest BCUT2D eigenvalue weighted by atomic mass is 16.5. The second-order valence-corrected chi connectivity index (χ2v) is 5.40. The number of rotatable bonds is 6. The number of barbiturate groups is 1. The van der Waals surface area contributed by atoms with E-state index in [2.05, 4.69) is 5.32 Å². The summed E-state index contributed by atoms with van der Waals surface area (Å²) >= 11 is 0. The van der Waals surface area contributed by atoms with Crippen LogP contribution in [0.2, 0.25) is 0 Å². The smallest absolute Gasteiger partial charge is 0.330 e. The number of carbonyl (C=O) groups is 3. The Labute approximate surface area is 134 Å². The number of urea groups is 1.